The maximum absolute atomic E-state index is 5.83. The van der Waals surface area contributed by atoms with E-state index >= 15 is 0 Å². The van der Waals surface area contributed by atoms with Crippen LogP contribution in [0.4, 0.5) is 0 Å². The van der Waals surface area contributed by atoms with Gasteiger partial charge in [0.25, 0.3) is 0 Å². The molecular weight excluding hydrogens is 260 g/mol. The van der Waals surface area contributed by atoms with Crippen LogP contribution in [-0.4, -0.2) is 19.9 Å². The standard InChI is InChI=1S/C10H7ClN4OS/c11-10-14-8-7(12-5-13-8)9(15-10)17-4-6-2-1-3-16-6/h1-3,5H,4H2,(H,12,13,14,15). The Hall–Kier alpha value is -1.53. The van der Waals surface area contributed by atoms with Crippen LogP contribution < -0.4 is 0 Å². The SMILES string of the molecule is Clc1nc(SCc2ccco2)c2[nH]cnc2n1. The highest BCUT2D eigenvalue weighted by molar-refractivity contribution is 7.98. The van der Waals surface area contributed by atoms with Crippen LogP contribution in [0.25, 0.3) is 11.2 Å². The highest BCUT2D eigenvalue weighted by atomic mass is 35.5. The van der Waals surface area contributed by atoms with E-state index in [9.17, 15) is 0 Å². The maximum atomic E-state index is 5.83. The van der Waals surface area contributed by atoms with Crippen molar-refractivity contribution >= 4 is 34.5 Å². The van der Waals surface area contributed by atoms with Crippen LogP contribution in [0.3, 0.4) is 0 Å². The van der Waals surface area contributed by atoms with Crippen LogP contribution in [0.15, 0.2) is 34.2 Å². The summed E-state index contributed by atoms with van der Waals surface area (Å²) in [4.78, 5) is 15.3. The molecule has 1 N–H and O–H groups in total. The van der Waals surface area contributed by atoms with E-state index < -0.39 is 0 Å². The number of furan rings is 1. The second-order valence-electron chi connectivity index (χ2n) is 3.27. The molecule has 0 unspecified atom stereocenters. The topological polar surface area (TPSA) is 67.6 Å². The molecule has 3 heterocycles. The van der Waals surface area contributed by atoms with Crippen LogP contribution >= 0.6 is 23.4 Å². The summed E-state index contributed by atoms with van der Waals surface area (Å²) in [7, 11) is 0. The molecule has 0 atom stereocenters. The highest BCUT2D eigenvalue weighted by Gasteiger charge is 2.10. The molecule has 3 aromatic rings. The van der Waals surface area contributed by atoms with E-state index in [1.807, 2.05) is 12.1 Å². The first-order valence-electron chi connectivity index (χ1n) is 4.85. The molecule has 0 radical (unpaired) electrons. The lowest BCUT2D eigenvalue weighted by molar-refractivity contribution is 0.530. The zero-order chi connectivity index (χ0) is 11.7. The molecule has 17 heavy (non-hydrogen) atoms. The molecule has 0 fully saturated rings. The molecule has 0 aliphatic rings. The van der Waals surface area contributed by atoms with Crippen molar-refractivity contribution in [1.82, 2.24) is 19.9 Å². The summed E-state index contributed by atoms with van der Waals surface area (Å²) in [6.07, 6.45) is 3.22. The van der Waals surface area contributed by atoms with Gasteiger partial charge < -0.3 is 9.40 Å². The van der Waals surface area contributed by atoms with Crippen molar-refractivity contribution < 1.29 is 4.42 Å². The zero-order valence-electron chi connectivity index (χ0n) is 8.55. The molecule has 3 rings (SSSR count). The minimum absolute atomic E-state index is 0.201. The lowest BCUT2D eigenvalue weighted by Crippen LogP contribution is -1.89. The Balaban J connectivity index is 1.91. The normalized spacial score (nSPS) is 11.1. The molecule has 0 bridgehead atoms. The molecule has 0 aromatic carbocycles. The van der Waals surface area contributed by atoms with Gasteiger partial charge in [-0.1, -0.05) is 11.8 Å². The quantitative estimate of drug-likeness (QED) is 0.448. The smallest absolute Gasteiger partial charge is 0.225 e. The summed E-state index contributed by atoms with van der Waals surface area (Å²) in [6.45, 7) is 0. The predicted octanol–water partition coefficient (Wildman–Crippen LogP) is 2.89. The summed E-state index contributed by atoms with van der Waals surface area (Å²) < 4.78 is 5.26. The van der Waals surface area contributed by atoms with Crippen LogP contribution in [0.5, 0.6) is 0 Å². The van der Waals surface area contributed by atoms with E-state index in [4.69, 9.17) is 16.0 Å². The van der Waals surface area contributed by atoms with Gasteiger partial charge in [-0.15, -0.1) is 0 Å². The highest BCUT2D eigenvalue weighted by Crippen LogP contribution is 2.27. The van der Waals surface area contributed by atoms with E-state index in [1.54, 1.807) is 12.6 Å². The minimum atomic E-state index is 0.201. The molecule has 0 spiro atoms. The Morgan fingerprint density at radius 1 is 1.41 bits per heavy atom. The third kappa shape index (κ3) is 2.13. The van der Waals surface area contributed by atoms with Crippen molar-refractivity contribution in [2.75, 3.05) is 0 Å². The molecule has 3 aromatic heterocycles. The van der Waals surface area contributed by atoms with Crippen molar-refractivity contribution in [2.45, 2.75) is 10.8 Å². The Bertz CT molecular complexity index is 637. The molecule has 5 nitrogen and oxygen atoms in total. The summed E-state index contributed by atoms with van der Waals surface area (Å²) in [5.41, 5.74) is 1.37. The van der Waals surface area contributed by atoms with E-state index in [2.05, 4.69) is 19.9 Å². The van der Waals surface area contributed by atoms with Gasteiger partial charge in [-0.3, -0.25) is 0 Å². The number of halogens is 1. The molecular formula is C10H7ClN4OS. The van der Waals surface area contributed by atoms with Gasteiger partial charge in [0.15, 0.2) is 5.65 Å². The predicted molar refractivity (Wildman–Crippen MR) is 65.0 cm³/mol. The number of hydrogen-bond donors (Lipinski definition) is 1. The Kier molecular flexibility index (Phi) is 2.74. The fraction of sp³-hybridized carbons (Fsp3) is 0.100. The van der Waals surface area contributed by atoms with Crippen molar-refractivity contribution in [3.8, 4) is 0 Å². The average Bonchev–Trinajstić information content (AvgIpc) is 2.95. The Labute approximate surface area is 106 Å². The minimum Gasteiger partial charge on any atom is -0.468 e. The molecule has 0 aliphatic heterocycles. The van der Waals surface area contributed by atoms with E-state index in [0.29, 0.717) is 11.4 Å². The van der Waals surface area contributed by atoms with Crippen LogP contribution in [0.2, 0.25) is 5.28 Å². The van der Waals surface area contributed by atoms with Gasteiger partial charge in [-0.05, 0) is 23.7 Å². The zero-order valence-corrected chi connectivity index (χ0v) is 10.1. The van der Waals surface area contributed by atoms with Gasteiger partial charge in [-0.2, -0.15) is 4.98 Å². The summed E-state index contributed by atoms with van der Waals surface area (Å²) in [5, 5.41) is 0.973. The molecule has 0 aliphatic carbocycles. The second-order valence-corrected chi connectivity index (χ2v) is 4.57. The monoisotopic (exact) mass is 266 g/mol. The number of thioether (sulfide) groups is 1. The first-order chi connectivity index (χ1) is 8.33. The van der Waals surface area contributed by atoms with Crippen molar-refractivity contribution in [1.29, 1.82) is 0 Å². The third-order valence-electron chi connectivity index (χ3n) is 2.16. The van der Waals surface area contributed by atoms with E-state index in [-0.39, 0.29) is 5.28 Å². The van der Waals surface area contributed by atoms with Gasteiger partial charge in [-0.25, -0.2) is 9.97 Å². The number of hydrogen-bond acceptors (Lipinski definition) is 5. The van der Waals surface area contributed by atoms with Crippen molar-refractivity contribution in [2.24, 2.45) is 0 Å². The molecule has 7 heteroatoms. The van der Waals surface area contributed by atoms with Crippen LogP contribution in [0.1, 0.15) is 5.76 Å². The Morgan fingerprint density at radius 2 is 2.35 bits per heavy atom. The third-order valence-corrected chi connectivity index (χ3v) is 3.32. The van der Waals surface area contributed by atoms with Gasteiger partial charge in [0, 0.05) is 0 Å². The average molecular weight is 267 g/mol. The number of nitrogens with zero attached hydrogens (tertiary/aromatic N) is 3. The lowest BCUT2D eigenvalue weighted by Gasteiger charge is -2.00. The molecule has 0 amide bonds. The van der Waals surface area contributed by atoms with Gasteiger partial charge in [0.05, 0.1) is 18.3 Å². The van der Waals surface area contributed by atoms with E-state index in [0.717, 1.165) is 16.3 Å². The number of rotatable bonds is 3. The first kappa shape index (κ1) is 10.6. The fourth-order valence-corrected chi connectivity index (χ4v) is 2.52. The number of H-pyrrole nitrogens is 1. The number of aromatic amines is 1. The fourth-order valence-electron chi connectivity index (χ4n) is 1.42. The molecule has 86 valence electrons. The van der Waals surface area contributed by atoms with Crippen LogP contribution in [-0.2, 0) is 5.75 Å². The number of imidazole rings is 1. The molecule has 0 saturated carbocycles. The number of aromatic nitrogens is 4. The number of fused-ring (bicyclic) bond motifs is 1. The first-order valence-corrected chi connectivity index (χ1v) is 6.21. The van der Waals surface area contributed by atoms with Gasteiger partial charge in [0.1, 0.15) is 16.3 Å². The maximum Gasteiger partial charge on any atom is 0.225 e. The van der Waals surface area contributed by atoms with Crippen molar-refractivity contribution in [3.63, 3.8) is 0 Å². The van der Waals surface area contributed by atoms with Crippen LogP contribution in [0, 0.1) is 0 Å². The summed E-state index contributed by atoms with van der Waals surface area (Å²) in [5.74, 6) is 1.58. The molecule has 0 saturated heterocycles. The van der Waals surface area contributed by atoms with Crippen molar-refractivity contribution in [3.05, 3.63) is 35.8 Å². The van der Waals surface area contributed by atoms with Gasteiger partial charge in [0.2, 0.25) is 5.28 Å². The van der Waals surface area contributed by atoms with E-state index in [1.165, 1.54) is 11.8 Å². The summed E-state index contributed by atoms with van der Waals surface area (Å²) >= 11 is 7.35. The van der Waals surface area contributed by atoms with Gasteiger partial charge >= 0.3 is 0 Å². The summed E-state index contributed by atoms with van der Waals surface area (Å²) in [6, 6.07) is 3.77. The number of nitrogens with one attached hydrogen (secondary N) is 1. The Morgan fingerprint density at radius 3 is 3.18 bits per heavy atom. The lowest BCUT2D eigenvalue weighted by atomic mass is 10.5. The second kappa shape index (κ2) is 4.38. The largest absolute Gasteiger partial charge is 0.468 e.